The summed E-state index contributed by atoms with van der Waals surface area (Å²) in [6, 6.07) is 0. The minimum atomic E-state index is 0.257. The van der Waals surface area contributed by atoms with E-state index in [9.17, 15) is 0 Å². The fraction of sp³-hybridized carbons (Fsp3) is 1.00. The van der Waals surface area contributed by atoms with Gasteiger partial charge in [0.2, 0.25) is 0 Å². The quantitative estimate of drug-likeness (QED) is 0.527. The largest absolute Gasteiger partial charge is 0.385 e. The lowest BCUT2D eigenvalue weighted by molar-refractivity contribution is 0.00902. The Labute approximate surface area is 93.3 Å². The summed E-state index contributed by atoms with van der Waals surface area (Å²) in [4.78, 5) is 0. The summed E-state index contributed by atoms with van der Waals surface area (Å²) in [5.74, 6) is 0. The molecule has 0 heterocycles. The van der Waals surface area contributed by atoms with Crippen molar-refractivity contribution in [2.24, 2.45) is 0 Å². The second-order valence-corrected chi connectivity index (χ2v) is 3.45. The van der Waals surface area contributed by atoms with Gasteiger partial charge in [-0.05, 0) is 19.9 Å². The summed E-state index contributed by atoms with van der Waals surface area (Å²) in [5.41, 5.74) is 0. The Morgan fingerprint density at radius 3 is 2.60 bits per heavy atom. The van der Waals surface area contributed by atoms with E-state index in [-0.39, 0.29) is 6.10 Å². The van der Waals surface area contributed by atoms with E-state index in [1.54, 1.807) is 7.11 Å². The van der Waals surface area contributed by atoms with E-state index >= 15 is 0 Å². The Kier molecular flexibility index (Phi) is 11.8. The molecule has 0 radical (unpaired) electrons. The molecule has 1 N–H and O–H groups in total. The van der Waals surface area contributed by atoms with Crippen LogP contribution in [0.3, 0.4) is 0 Å². The normalized spacial score (nSPS) is 13.0. The second-order valence-electron chi connectivity index (χ2n) is 3.45. The summed E-state index contributed by atoms with van der Waals surface area (Å²) in [6.07, 6.45) is 1.20. The molecule has 0 spiro atoms. The number of ether oxygens (including phenoxy) is 3. The topological polar surface area (TPSA) is 39.7 Å². The van der Waals surface area contributed by atoms with Gasteiger partial charge < -0.3 is 19.5 Å². The Hall–Kier alpha value is -0.160. The highest BCUT2D eigenvalue weighted by atomic mass is 16.5. The maximum atomic E-state index is 5.53. The van der Waals surface area contributed by atoms with Gasteiger partial charge in [-0.3, -0.25) is 0 Å². The summed E-state index contributed by atoms with van der Waals surface area (Å²) in [7, 11) is 1.70. The first-order valence-electron chi connectivity index (χ1n) is 5.70. The molecule has 15 heavy (non-hydrogen) atoms. The van der Waals surface area contributed by atoms with Crippen LogP contribution in [0.15, 0.2) is 0 Å². The van der Waals surface area contributed by atoms with E-state index in [0.29, 0.717) is 13.2 Å². The van der Waals surface area contributed by atoms with Crippen molar-refractivity contribution in [3.8, 4) is 0 Å². The van der Waals surface area contributed by atoms with E-state index < -0.39 is 0 Å². The first-order chi connectivity index (χ1) is 7.31. The van der Waals surface area contributed by atoms with E-state index in [1.165, 1.54) is 0 Å². The average molecular weight is 219 g/mol. The lowest BCUT2D eigenvalue weighted by Gasteiger charge is -2.13. The van der Waals surface area contributed by atoms with Crippen LogP contribution in [-0.4, -0.2) is 52.7 Å². The first-order valence-corrected chi connectivity index (χ1v) is 5.70. The van der Waals surface area contributed by atoms with Crippen molar-refractivity contribution in [3.63, 3.8) is 0 Å². The van der Waals surface area contributed by atoms with Crippen LogP contribution in [-0.2, 0) is 14.2 Å². The number of methoxy groups -OCH3 is 1. The fourth-order valence-corrected chi connectivity index (χ4v) is 1.12. The zero-order valence-corrected chi connectivity index (χ0v) is 10.3. The first kappa shape index (κ1) is 14.8. The van der Waals surface area contributed by atoms with Crippen molar-refractivity contribution in [1.82, 2.24) is 5.32 Å². The van der Waals surface area contributed by atoms with Crippen molar-refractivity contribution < 1.29 is 14.2 Å². The summed E-state index contributed by atoms with van der Waals surface area (Å²) >= 11 is 0. The van der Waals surface area contributed by atoms with Crippen LogP contribution >= 0.6 is 0 Å². The summed E-state index contributed by atoms with van der Waals surface area (Å²) in [5, 5.41) is 3.23. The third kappa shape index (κ3) is 11.8. The lowest BCUT2D eigenvalue weighted by atomic mass is 10.4. The molecule has 92 valence electrons. The molecule has 0 aromatic carbocycles. The standard InChI is InChI=1S/C11H25NO3/c1-4-12-10-11(2)15-9-8-14-7-5-6-13-3/h11-12H,4-10H2,1-3H3. The monoisotopic (exact) mass is 219 g/mol. The van der Waals surface area contributed by atoms with Crippen LogP contribution < -0.4 is 5.32 Å². The van der Waals surface area contributed by atoms with Gasteiger partial charge in [0, 0.05) is 26.9 Å². The molecule has 4 heteroatoms. The summed E-state index contributed by atoms with van der Waals surface area (Å²) in [6.45, 7) is 8.89. The molecule has 0 bridgehead atoms. The summed E-state index contributed by atoms with van der Waals surface area (Å²) < 4.78 is 15.8. The number of likely N-dealkylation sites (N-methyl/N-ethyl adjacent to an activating group) is 1. The van der Waals surface area contributed by atoms with Crippen molar-refractivity contribution in [2.75, 3.05) is 46.6 Å². The Morgan fingerprint density at radius 2 is 1.93 bits per heavy atom. The molecule has 4 nitrogen and oxygen atoms in total. The molecule has 0 amide bonds. The minimum absolute atomic E-state index is 0.257. The molecule has 0 aliphatic heterocycles. The van der Waals surface area contributed by atoms with E-state index in [0.717, 1.165) is 32.7 Å². The van der Waals surface area contributed by atoms with E-state index in [4.69, 9.17) is 14.2 Å². The Balaban J connectivity index is 3.02. The maximum absolute atomic E-state index is 5.53. The Morgan fingerprint density at radius 1 is 1.13 bits per heavy atom. The second kappa shape index (κ2) is 11.9. The van der Waals surface area contributed by atoms with Gasteiger partial charge in [0.1, 0.15) is 0 Å². The van der Waals surface area contributed by atoms with Gasteiger partial charge >= 0.3 is 0 Å². The van der Waals surface area contributed by atoms with Crippen molar-refractivity contribution >= 4 is 0 Å². The van der Waals surface area contributed by atoms with Gasteiger partial charge in [0.05, 0.1) is 19.3 Å². The SMILES string of the molecule is CCNCC(C)OCCOCCCOC. The smallest absolute Gasteiger partial charge is 0.0704 e. The van der Waals surface area contributed by atoms with Crippen LogP contribution in [0.25, 0.3) is 0 Å². The molecule has 0 saturated heterocycles. The van der Waals surface area contributed by atoms with E-state index in [2.05, 4.69) is 19.2 Å². The molecule has 0 aliphatic carbocycles. The van der Waals surface area contributed by atoms with E-state index in [1.807, 2.05) is 0 Å². The number of rotatable bonds is 11. The van der Waals surface area contributed by atoms with Crippen LogP contribution in [0.4, 0.5) is 0 Å². The van der Waals surface area contributed by atoms with Gasteiger partial charge in [0.25, 0.3) is 0 Å². The van der Waals surface area contributed by atoms with Crippen molar-refractivity contribution in [2.45, 2.75) is 26.4 Å². The zero-order valence-electron chi connectivity index (χ0n) is 10.3. The fourth-order valence-electron chi connectivity index (χ4n) is 1.12. The maximum Gasteiger partial charge on any atom is 0.0704 e. The van der Waals surface area contributed by atoms with Crippen LogP contribution in [0, 0.1) is 0 Å². The van der Waals surface area contributed by atoms with Crippen LogP contribution in [0.1, 0.15) is 20.3 Å². The molecule has 0 fully saturated rings. The van der Waals surface area contributed by atoms with Gasteiger partial charge in [-0.1, -0.05) is 6.92 Å². The van der Waals surface area contributed by atoms with Gasteiger partial charge in [-0.15, -0.1) is 0 Å². The highest BCUT2D eigenvalue weighted by molar-refractivity contribution is 4.53. The predicted octanol–water partition coefficient (Wildman–Crippen LogP) is 1.05. The highest BCUT2D eigenvalue weighted by Crippen LogP contribution is 1.90. The Bertz CT molecular complexity index is 122. The third-order valence-electron chi connectivity index (χ3n) is 1.95. The third-order valence-corrected chi connectivity index (χ3v) is 1.95. The molecule has 0 aliphatic rings. The zero-order chi connectivity index (χ0) is 11.4. The lowest BCUT2D eigenvalue weighted by Crippen LogP contribution is -2.27. The molecule has 1 unspecified atom stereocenters. The predicted molar refractivity (Wildman–Crippen MR) is 61.3 cm³/mol. The number of hydrogen-bond acceptors (Lipinski definition) is 4. The minimum Gasteiger partial charge on any atom is -0.385 e. The average Bonchev–Trinajstić information content (AvgIpc) is 2.25. The molecule has 0 aromatic heterocycles. The van der Waals surface area contributed by atoms with Crippen LogP contribution in [0.2, 0.25) is 0 Å². The van der Waals surface area contributed by atoms with Gasteiger partial charge in [0.15, 0.2) is 0 Å². The van der Waals surface area contributed by atoms with Crippen molar-refractivity contribution in [1.29, 1.82) is 0 Å². The van der Waals surface area contributed by atoms with Crippen molar-refractivity contribution in [3.05, 3.63) is 0 Å². The molecule has 0 saturated carbocycles. The molecule has 0 aromatic rings. The molecule has 0 rings (SSSR count). The van der Waals surface area contributed by atoms with Gasteiger partial charge in [-0.25, -0.2) is 0 Å². The molecular formula is C11H25NO3. The van der Waals surface area contributed by atoms with Gasteiger partial charge in [-0.2, -0.15) is 0 Å². The van der Waals surface area contributed by atoms with Crippen LogP contribution in [0.5, 0.6) is 0 Å². The highest BCUT2D eigenvalue weighted by Gasteiger charge is 1.99. The molecule has 1 atom stereocenters. The number of nitrogens with one attached hydrogen (secondary N) is 1. The number of hydrogen-bond donors (Lipinski definition) is 1. The molecular weight excluding hydrogens is 194 g/mol.